The molecule has 0 spiro atoms. The smallest absolute Gasteiger partial charge is 1.00 e. The van der Waals surface area contributed by atoms with Gasteiger partial charge in [-0.05, 0) is 12.8 Å². The van der Waals surface area contributed by atoms with Gasteiger partial charge < -0.3 is 1.43 Å². The maximum atomic E-state index is 10.4. The molecule has 0 saturated heterocycles. The molecule has 0 aromatic carbocycles. The first kappa shape index (κ1) is 20.0. The van der Waals surface area contributed by atoms with E-state index < -0.39 is 10.1 Å². The second-order valence-electron chi connectivity index (χ2n) is 4.13. The second kappa shape index (κ2) is 13.1. The summed E-state index contributed by atoms with van der Waals surface area (Å²) in [7, 11) is -3.82. The minimum Gasteiger partial charge on any atom is -1.00 e. The summed E-state index contributed by atoms with van der Waals surface area (Å²) in [6.07, 6.45) is 13.1. The van der Waals surface area contributed by atoms with E-state index in [1.165, 1.54) is 44.6 Å². The molecule has 98 valence electrons. The fraction of sp³-hybridized carbons (Fsp3) is 0.833. The Kier molecular flexibility index (Phi) is 15.4. The van der Waals surface area contributed by atoms with Crippen LogP contribution in [0.3, 0.4) is 0 Å². The molecule has 0 aliphatic heterocycles. The van der Waals surface area contributed by atoms with Gasteiger partial charge in [-0.3, -0.25) is 4.55 Å². The van der Waals surface area contributed by atoms with Crippen LogP contribution in [-0.2, 0) is 10.1 Å². The van der Waals surface area contributed by atoms with Crippen molar-refractivity contribution in [2.45, 2.75) is 58.3 Å². The van der Waals surface area contributed by atoms with Gasteiger partial charge >= 0.3 is 29.6 Å². The molecular weight excluding hydrogens is 247 g/mol. The number of hydrogen-bond acceptors (Lipinski definition) is 2. The van der Waals surface area contributed by atoms with E-state index >= 15 is 0 Å². The molecule has 0 unspecified atom stereocenters. The molecule has 0 fully saturated rings. The van der Waals surface area contributed by atoms with Gasteiger partial charge in [-0.15, -0.1) is 0 Å². The van der Waals surface area contributed by atoms with Crippen LogP contribution in [0.2, 0.25) is 0 Å². The normalized spacial score (nSPS) is 11.6. The second-order valence-corrected chi connectivity index (χ2v) is 5.63. The Hall–Kier alpha value is 0.650. The van der Waals surface area contributed by atoms with Crippen molar-refractivity contribution < 1.29 is 44.0 Å². The van der Waals surface area contributed by atoms with Gasteiger partial charge in [0.05, 0.1) is 5.75 Å². The van der Waals surface area contributed by atoms with Gasteiger partial charge in [0, 0.05) is 0 Å². The zero-order chi connectivity index (χ0) is 12.3. The Balaban J connectivity index is -0.00000112. The summed E-state index contributed by atoms with van der Waals surface area (Å²) < 4.78 is 29.2. The molecule has 0 atom stereocenters. The molecule has 0 heterocycles. The van der Waals surface area contributed by atoms with Gasteiger partial charge in [0.25, 0.3) is 10.1 Å². The van der Waals surface area contributed by atoms with Crippen LogP contribution in [0.4, 0.5) is 0 Å². The van der Waals surface area contributed by atoms with Gasteiger partial charge in [-0.25, -0.2) is 0 Å². The fourth-order valence-electron chi connectivity index (χ4n) is 1.53. The Morgan fingerprint density at radius 3 is 2.06 bits per heavy atom. The molecule has 0 bridgehead atoms. The quantitative estimate of drug-likeness (QED) is 0.275. The Morgan fingerprint density at radius 1 is 1.00 bits per heavy atom. The maximum absolute atomic E-state index is 10.4. The molecular formula is C12H25NaO3S. The third-order valence-corrected chi connectivity index (χ3v) is 3.06. The summed E-state index contributed by atoms with van der Waals surface area (Å²) in [4.78, 5) is 0. The minimum atomic E-state index is -3.82. The minimum absolute atomic E-state index is 0. The van der Waals surface area contributed by atoms with Crippen molar-refractivity contribution >= 4 is 10.1 Å². The summed E-state index contributed by atoms with van der Waals surface area (Å²) in [6.45, 7) is 2.21. The first-order valence-corrected chi connectivity index (χ1v) is 7.77. The van der Waals surface area contributed by atoms with E-state index in [1.807, 2.05) is 6.08 Å². The zero-order valence-corrected chi connectivity index (χ0v) is 14.0. The topological polar surface area (TPSA) is 54.4 Å². The Labute approximate surface area is 130 Å². The van der Waals surface area contributed by atoms with E-state index in [0.717, 1.165) is 12.8 Å². The van der Waals surface area contributed by atoms with E-state index in [2.05, 4.69) is 6.92 Å². The molecule has 0 radical (unpaired) electrons. The summed E-state index contributed by atoms with van der Waals surface area (Å²) in [5.41, 5.74) is 0. The standard InChI is InChI=1S/C12H24O3S.Na.H/c1-2-3-4-5-6-7-8-9-10-11-12-16(13,14)15;;/h10-11H,2-9,12H2,1H3,(H,13,14,15);;/q;+1;-1. The van der Waals surface area contributed by atoms with Crippen molar-refractivity contribution in [2.75, 3.05) is 5.75 Å². The van der Waals surface area contributed by atoms with Crippen molar-refractivity contribution in [1.29, 1.82) is 0 Å². The Morgan fingerprint density at radius 2 is 1.53 bits per heavy atom. The predicted molar refractivity (Wildman–Crippen MR) is 69.3 cm³/mol. The largest absolute Gasteiger partial charge is 1.00 e. The molecule has 3 nitrogen and oxygen atoms in total. The van der Waals surface area contributed by atoms with Crippen molar-refractivity contribution in [3.05, 3.63) is 12.2 Å². The average molecular weight is 272 g/mol. The maximum Gasteiger partial charge on any atom is 1.00 e. The molecule has 0 rings (SSSR count). The first-order chi connectivity index (χ1) is 7.56. The molecule has 0 amide bonds. The van der Waals surface area contributed by atoms with Crippen LogP contribution in [-0.4, -0.2) is 18.7 Å². The van der Waals surface area contributed by atoms with Crippen molar-refractivity contribution in [1.82, 2.24) is 0 Å². The number of unbranched alkanes of at least 4 members (excludes halogenated alkanes) is 7. The van der Waals surface area contributed by atoms with E-state index in [9.17, 15) is 8.42 Å². The summed E-state index contributed by atoms with van der Waals surface area (Å²) in [5.74, 6) is -0.260. The fourth-order valence-corrected chi connectivity index (χ4v) is 1.91. The molecule has 0 aromatic heterocycles. The van der Waals surface area contributed by atoms with Crippen LogP contribution in [0.25, 0.3) is 0 Å². The molecule has 5 heteroatoms. The molecule has 0 aliphatic rings. The van der Waals surface area contributed by atoms with Crippen molar-refractivity contribution in [3.63, 3.8) is 0 Å². The average Bonchev–Trinajstić information content (AvgIpc) is 2.19. The van der Waals surface area contributed by atoms with Crippen LogP contribution in [0.1, 0.15) is 59.7 Å². The van der Waals surface area contributed by atoms with E-state index in [4.69, 9.17) is 4.55 Å². The van der Waals surface area contributed by atoms with Gasteiger partial charge in [0.1, 0.15) is 0 Å². The molecule has 17 heavy (non-hydrogen) atoms. The first-order valence-electron chi connectivity index (χ1n) is 6.16. The molecule has 0 aliphatic carbocycles. The number of rotatable bonds is 10. The van der Waals surface area contributed by atoms with Crippen LogP contribution < -0.4 is 29.6 Å². The molecule has 0 saturated carbocycles. The van der Waals surface area contributed by atoms with E-state index in [0.29, 0.717) is 0 Å². The van der Waals surface area contributed by atoms with Crippen LogP contribution >= 0.6 is 0 Å². The Bertz CT molecular complexity index is 279. The van der Waals surface area contributed by atoms with E-state index in [1.54, 1.807) is 0 Å². The monoisotopic (exact) mass is 272 g/mol. The summed E-state index contributed by atoms with van der Waals surface area (Å²) >= 11 is 0. The molecule has 0 aromatic rings. The van der Waals surface area contributed by atoms with Gasteiger partial charge in [-0.1, -0.05) is 57.6 Å². The van der Waals surface area contributed by atoms with Gasteiger partial charge in [0.2, 0.25) is 0 Å². The van der Waals surface area contributed by atoms with Gasteiger partial charge in [0.15, 0.2) is 0 Å². The summed E-state index contributed by atoms with van der Waals surface area (Å²) in [5, 5.41) is 0. The van der Waals surface area contributed by atoms with Crippen molar-refractivity contribution in [2.24, 2.45) is 0 Å². The zero-order valence-electron chi connectivity index (χ0n) is 12.2. The summed E-state index contributed by atoms with van der Waals surface area (Å²) in [6, 6.07) is 0. The van der Waals surface area contributed by atoms with Gasteiger partial charge in [-0.2, -0.15) is 8.42 Å². The van der Waals surface area contributed by atoms with Crippen LogP contribution in [0, 0.1) is 0 Å². The number of allylic oxidation sites excluding steroid dienone is 1. The van der Waals surface area contributed by atoms with Crippen LogP contribution in [0.5, 0.6) is 0 Å². The van der Waals surface area contributed by atoms with E-state index in [-0.39, 0.29) is 36.7 Å². The third kappa shape index (κ3) is 19.2. The van der Waals surface area contributed by atoms with Crippen LogP contribution in [0.15, 0.2) is 12.2 Å². The third-order valence-electron chi connectivity index (χ3n) is 2.45. The number of hydrogen-bond donors (Lipinski definition) is 1. The van der Waals surface area contributed by atoms with Crippen molar-refractivity contribution in [3.8, 4) is 0 Å². The molecule has 1 N–H and O–H groups in total. The predicted octanol–water partition coefficient (Wildman–Crippen LogP) is 0.688. The SMILES string of the molecule is CCCCCCCCCC=CCS(=O)(=O)O.[H-].[Na+].